The van der Waals surface area contributed by atoms with Gasteiger partial charge in [-0.25, -0.2) is 4.68 Å². The van der Waals surface area contributed by atoms with Crippen molar-refractivity contribution in [1.29, 1.82) is 0 Å². The Kier molecular flexibility index (Phi) is 6.16. The number of hydrogen-bond acceptors (Lipinski definition) is 7. The van der Waals surface area contributed by atoms with Crippen LogP contribution in [0.2, 0.25) is 0 Å². The van der Waals surface area contributed by atoms with E-state index in [4.69, 9.17) is 4.74 Å². The summed E-state index contributed by atoms with van der Waals surface area (Å²) in [6, 6.07) is 0.358. The average Bonchev–Trinajstić information content (AvgIpc) is 3.13. The summed E-state index contributed by atoms with van der Waals surface area (Å²) in [5.74, 6) is -0.0346. The standard InChI is InChI=1S/C13H20N4O3S/c1-2-20-12(19)8-7-11(18)9-21-13-14-15-16-17(13)10-5-3-4-6-10/h10H,2-9H2,1H3. The van der Waals surface area contributed by atoms with Crippen LogP contribution in [0.5, 0.6) is 0 Å². The highest BCUT2D eigenvalue weighted by Gasteiger charge is 2.22. The molecule has 0 atom stereocenters. The molecular weight excluding hydrogens is 292 g/mol. The second kappa shape index (κ2) is 8.11. The molecule has 2 rings (SSSR count). The van der Waals surface area contributed by atoms with Crippen molar-refractivity contribution in [3.8, 4) is 0 Å². The van der Waals surface area contributed by atoms with Crippen molar-refractivity contribution in [2.45, 2.75) is 56.6 Å². The molecular formula is C13H20N4O3S. The van der Waals surface area contributed by atoms with E-state index in [2.05, 4.69) is 15.5 Å². The molecule has 1 aliphatic rings. The van der Waals surface area contributed by atoms with E-state index < -0.39 is 0 Å². The third-order valence-electron chi connectivity index (χ3n) is 3.41. The zero-order valence-corrected chi connectivity index (χ0v) is 13.0. The number of tetrazole rings is 1. The molecule has 21 heavy (non-hydrogen) atoms. The van der Waals surface area contributed by atoms with Gasteiger partial charge in [0.2, 0.25) is 5.16 Å². The fraction of sp³-hybridized carbons (Fsp3) is 0.769. The van der Waals surface area contributed by atoms with Gasteiger partial charge in [-0.05, 0) is 30.2 Å². The van der Waals surface area contributed by atoms with Gasteiger partial charge in [0.1, 0.15) is 5.78 Å². The predicted octanol–water partition coefficient (Wildman–Crippen LogP) is 1.79. The van der Waals surface area contributed by atoms with Crippen molar-refractivity contribution < 1.29 is 14.3 Å². The lowest BCUT2D eigenvalue weighted by Crippen LogP contribution is -2.11. The lowest BCUT2D eigenvalue weighted by molar-refractivity contribution is -0.144. The monoisotopic (exact) mass is 312 g/mol. The Labute approximate surface area is 127 Å². The van der Waals surface area contributed by atoms with Gasteiger partial charge in [-0.1, -0.05) is 24.6 Å². The minimum Gasteiger partial charge on any atom is -0.466 e. The first kappa shape index (κ1) is 15.9. The van der Waals surface area contributed by atoms with Crippen molar-refractivity contribution in [2.75, 3.05) is 12.4 Å². The molecule has 0 amide bonds. The van der Waals surface area contributed by atoms with Crippen LogP contribution in [0.3, 0.4) is 0 Å². The molecule has 0 spiro atoms. The largest absolute Gasteiger partial charge is 0.466 e. The number of hydrogen-bond donors (Lipinski definition) is 0. The number of Topliss-reactive ketones (excluding diaryl/α,β-unsaturated/α-hetero) is 1. The molecule has 0 bridgehead atoms. The average molecular weight is 312 g/mol. The molecule has 1 aromatic heterocycles. The minimum atomic E-state index is -0.327. The van der Waals surface area contributed by atoms with E-state index in [1.165, 1.54) is 24.6 Å². The van der Waals surface area contributed by atoms with Crippen LogP contribution < -0.4 is 0 Å². The number of carbonyl (C=O) groups excluding carboxylic acids is 2. The Morgan fingerprint density at radius 2 is 2.10 bits per heavy atom. The van der Waals surface area contributed by atoms with E-state index in [9.17, 15) is 9.59 Å². The highest BCUT2D eigenvalue weighted by molar-refractivity contribution is 7.99. The van der Waals surface area contributed by atoms with Gasteiger partial charge in [-0.2, -0.15) is 0 Å². The molecule has 1 saturated carbocycles. The van der Waals surface area contributed by atoms with E-state index >= 15 is 0 Å². The van der Waals surface area contributed by atoms with Gasteiger partial charge in [0.05, 0.1) is 24.8 Å². The molecule has 0 N–H and O–H groups in total. The second-order valence-electron chi connectivity index (χ2n) is 4.98. The maximum absolute atomic E-state index is 11.8. The molecule has 7 nitrogen and oxygen atoms in total. The lowest BCUT2D eigenvalue weighted by Gasteiger charge is -2.10. The number of esters is 1. The molecule has 0 aliphatic heterocycles. The summed E-state index contributed by atoms with van der Waals surface area (Å²) in [6.45, 7) is 2.09. The van der Waals surface area contributed by atoms with E-state index in [1.807, 2.05) is 4.68 Å². The highest BCUT2D eigenvalue weighted by Crippen LogP contribution is 2.31. The molecule has 0 radical (unpaired) electrons. The van der Waals surface area contributed by atoms with E-state index in [0.717, 1.165) is 12.8 Å². The fourth-order valence-corrected chi connectivity index (χ4v) is 3.20. The van der Waals surface area contributed by atoms with E-state index in [-0.39, 0.29) is 30.3 Å². The minimum absolute atomic E-state index is 0.00836. The van der Waals surface area contributed by atoms with Crippen molar-refractivity contribution in [3.63, 3.8) is 0 Å². The van der Waals surface area contributed by atoms with Crippen LogP contribution in [0.15, 0.2) is 5.16 Å². The van der Waals surface area contributed by atoms with Crippen molar-refractivity contribution in [2.24, 2.45) is 0 Å². The summed E-state index contributed by atoms with van der Waals surface area (Å²) in [6.07, 6.45) is 4.93. The quantitative estimate of drug-likeness (QED) is 0.534. The number of carbonyl (C=O) groups is 2. The van der Waals surface area contributed by atoms with Gasteiger partial charge in [-0.3, -0.25) is 9.59 Å². The smallest absolute Gasteiger partial charge is 0.306 e. The maximum atomic E-state index is 11.8. The van der Waals surface area contributed by atoms with Crippen LogP contribution in [0.4, 0.5) is 0 Å². The zero-order valence-electron chi connectivity index (χ0n) is 12.2. The summed E-state index contributed by atoms with van der Waals surface area (Å²) in [5.41, 5.74) is 0. The van der Waals surface area contributed by atoms with Crippen LogP contribution in [-0.2, 0) is 14.3 Å². The van der Waals surface area contributed by atoms with Crippen LogP contribution >= 0.6 is 11.8 Å². The van der Waals surface area contributed by atoms with Gasteiger partial charge in [0.25, 0.3) is 0 Å². The Balaban J connectivity index is 1.76. The summed E-state index contributed by atoms with van der Waals surface area (Å²) in [5, 5.41) is 12.4. The van der Waals surface area contributed by atoms with Gasteiger partial charge in [-0.15, -0.1) is 5.10 Å². The number of ether oxygens (including phenoxy) is 1. The zero-order chi connectivity index (χ0) is 15.1. The third kappa shape index (κ3) is 4.80. The summed E-state index contributed by atoms with van der Waals surface area (Å²) < 4.78 is 6.62. The highest BCUT2D eigenvalue weighted by atomic mass is 32.2. The van der Waals surface area contributed by atoms with Crippen LogP contribution in [-0.4, -0.2) is 44.3 Å². The normalized spacial score (nSPS) is 15.3. The van der Waals surface area contributed by atoms with Crippen LogP contribution in [0.1, 0.15) is 51.5 Å². The predicted molar refractivity (Wildman–Crippen MR) is 76.9 cm³/mol. The van der Waals surface area contributed by atoms with Crippen molar-refractivity contribution in [3.05, 3.63) is 0 Å². The number of nitrogens with zero attached hydrogens (tertiary/aromatic N) is 4. The molecule has 0 aromatic carbocycles. The number of thioether (sulfide) groups is 1. The van der Waals surface area contributed by atoms with Crippen LogP contribution in [0.25, 0.3) is 0 Å². The molecule has 1 aliphatic carbocycles. The SMILES string of the molecule is CCOC(=O)CCC(=O)CSc1nnnn1C1CCCC1. The van der Waals surface area contributed by atoms with E-state index in [1.54, 1.807) is 6.92 Å². The van der Waals surface area contributed by atoms with Crippen LogP contribution in [0, 0.1) is 0 Å². The molecule has 8 heteroatoms. The topological polar surface area (TPSA) is 87.0 Å². The molecule has 1 fully saturated rings. The summed E-state index contributed by atoms with van der Waals surface area (Å²) in [7, 11) is 0. The fourth-order valence-electron chi connectivity index (χ4n) is 2.35. The Bertz CT molecular complexity index is 486. The number of rotatable bonds is 8. The summed E-state index contributed by atoms with van der Waals surface area (Å²) >= 11 is 1.34. The van der Waals surface area contributed by atoms with Crippen molar-refractivity contribution >= 4 is 23.5 Å². The Morgan fingerprint density at radius 3 is 2.81 bits per heavy atom. The first-order chi connectivity index (χ1) is 10.2. The lowest BCUT2D eigenvalue weighted by atomic mass is 10.2. The molecule has 0 unspecified atom stereocenters. The molecule has 1 aromatic rings. The van der Waals surface area contributed by atoms with Crippen molar-refractivity contribution in [1.82, 2.24) is 20.2 Å². The second-order valence-corrected chi connectivity index (χ2v) is 5.92. The molecule has 0 saturated heterocycles. The van der Waals surface area contributed by atoms with Gasteiger partial charge >= 0.3 is 5.97 Å². The third-order valence-corrected chi connectivity index (χ3v) is 4.40. The first-order valence-electron chi connectivity index (χ1n) is 7.28. The van der Waals surface area contributed by atoms with E-state index in [0.29, 0.717) is 17.8 Å². The maximum Gasteiger partial charge on any atom is 0.306 e. The van der Waals surface area contributed by atoms with Gasteiger partial charge in [0.15, 0.2) is 0 Å². The number of aromatic nitrogens is 4. The van der Waals surface area contributed by atoms with Gasteiger partial charge < -0.3 is 4.74 Å². The number of ketones is 1. The van der Waals surface area contributed by atoms with Gasteiger partial charge in [0, 0.05) is 6.42 Å². The Morgan fingerprint density at radius 1 is 1.33 bits per heavy atom. The molecule has 116 valence electrons. The first-order valence-corrected chi connectivity index (χ1v) is 8.27. The summed E-state index contributed by atoms with van der Waals surface area (Å²) in [4.78, 5) is 23.0. The molecule has 1 heterocycles. The Hall–Kier alpha value is -1.44.